The highest BCUT2D eigenvalue weighted by atomic mass is 16.2. The van der Waals surface area contributed by atoms with E-state index in [1.54, 1.807) is 0 Å². The van der Waals surface area contributed by atoms with E-state index in [0.29, 0.717) is 19.0 Å². The third-order valence-corrected chi connectivity index (χ3v) is 5.45. The van der Waals surface area contributed by atoms with Crippen molar-refractivity contribution in [2.45, 2.75) is 25.7 Å². The molecule has 8 heteroatoms. The molecule has 2 fully saturated rings. The maximum atomic E-state index is 12.5. The van der Waals surface area contributed by atoms with Crippen LogP contribution in [-0.4, -0.2) is 56.9 Å². The number of carbonyl (C=O) groups is 1. The highest BCUT2D eigenvalue weighted by Gasteiger charge is 2.29. The normalized spacial score (nSPS) is 17.2. The van der Waals surface area contributed by atoms with Crippen LogP contribution >= 0.6 is 0 Å². The largest absolute Gasteiger partial charge is 0.367 e. The first-order chi connectivity index (χ1) is 13.7. The number of nitrogens with zero attached hydrogens (tertiary/aromatic N) is 6. The molecule has 0 bridgehead atoms. The smallest absolute Gasteiger partial charge is 0.321 e. The number of rotatable bonds is 3. The van der Waals surface area contributed by atoms with Gasteiger partial charge in [0.05, 0.1) is 11.9 Å². The first kappa shape index (κ1) is 17.0. The van der Waals surface area contributed by atoms with E-state index in [-0.39, 0.29) is 6.03 Å². The molecule has 1 aromatic carbocycles. The van der Waals surface area contributed by atoms with Crippen molar-refractivity contribution in [3.63, 3.8) is 0 Å². The minimum Gasteiger partial charge on any atom is -0.367 e. The number of nitrogens with one attached hydrogen (secondary N) is 1. The lowest BCUT2D eigenvalue weighted by molar-refractivity contribution is 0.208. The van der Waals surface area contributed by atoms with E-state index < -0.39 is 0 Å². The Labute approximate surface area is 163 Å². The van der Waals surface area contributed by atoms with E-state index in [2.05, 4.69) is 25.5 Å². The monoisotopic (exact) mass is 377 g/mol. The number of fused-ring (bicyclic) bond motifs is 1. The summed E-state index contributed by atoms with van der Waals surface area (Å²) >= 11 is 0. The molecule has 1 aliphatic carbocycles. The molecule has 1 saturated heterocycles. The molecule has 0 radical (unpaired) electrons. The van der Waals surface area contributed by atoms with Crippen molar-refractivity contribution in [1.82, 2.24) is 24.7 Å². The van der Waals surface area contributed by atoms with Crippen molar-refractivity contribution in [3.05, 3.63) is 47.9 Å². The zero-order valence-corrected chi connectivity index (χ0v) is 15.9. The Morgan fingerprint density at radius 1 is 1.07 bits per heavy atom. The summed E-state index contributed by atoms with van der Waals surface area (Å²) in [6, 6.07) is 9.83. The number of hydrogen-bond acceptors (Lipinski definition) is 5. The van der Waals surface area contributed by atoms with Gasteiger partial charge in [0.2, 0.25) is 0 Å². The van der Waals surface area contributed by atoms with E-state index in [0.717, 1.165) is 35.9 Å². The molecule has 1 N–H and O–H groups in total. The molecular weight excluding hydrogens is 354 g/mol. The van der Waals surface area contributed by atoms with Crippen LogP contribution in [0.4, 0.5) is 16.2 Å². The summed E-state index contributed by atoms with van der Waals surface area (Å²) in [6.45, 7) is 4.90. The van der Waals surface area contributed by atoms with Gasteiger partial charge in [0, 0.05) is 43.9 Å². The van der Waals surface area contributed by atoms with Crippen LogP contribution in [0.15, 0.2) is 36.5 Å². The van der Waals surface area contributed by atoms with Crippen LogP contribution in [-0.2, 0) is 0 Å². The van der Waals surface area contributed by atoms with E-state index >= 15 is 0 Å². The second-order valence-electron chi connectivity index (χ2n) is 7.59. The van der Waals surface area contributed by atoms with Gasteiger partial charge in [0.15, 0.2) is 11.5 Å². The summed E-state index contributed by atoms with van der Waals surface area (Å²) in [5, 5.41) is 16.1. The van der Waals surface area contributed by atoms with Gasteiger partial charge in [-0.05, 0) is 31.9 Å². The lowest BCUT2D eigenvalue weighted by Crippen LogP contribution is -2.50. The number of aromatic nitrogens is 4. The van der Waals surface area contributed by atoms with Crippen molar-refractivity contribution in [2.75, 3.05) is 36.4 Å². The van der Waals surface area contributed by atoms with Crippen LogP contribution in [0, 0.1) is 6.92 Å². The summed E-state index contributed by atoms with van der Waals surface area (Å²) in [5.41, 5.74) is 3.82. The number of anilines is 2. The SMILES string of the molecule is Cc1ccc(NC(=O)N2CCN(c3cnn4c(C5CC5)nnc4c3)CC2)cc1. The van der Waals surface area contributed by atoms with Gasteiger partial charge in [-0.2, -0.15) is 9.61 Å². The number of carbonyl (C=O) groups excluding carboxylic acids is 1. The molecule has 1 aliphatic heterocycles. The highest BCUT2D eigenvalue weighted by Crippen LogP contribution is 2.38. The Hall–Kier alpha value is -3.16. The Bertz CT molecular complexity index is 1000. The number of hydrogen-bond donors (Lipinski definition) is 1. The van der Waals surface area contributed by atoms with Gasteiger partial charge in [0.1, 0.15) is 0 Å². The van der Waals surface area contributed by atoms with E-state index in [1.807, 2.05) is 52.9 Å². The quantitative estimate of drug-likeness (QED) is 0.759. The van der Waals surface area contributed by atoms with E-state index in [4.69, 9.17) is 0 Å². The van der Waals surface area contributed by atoms with Gasteiger partial charge in [0.25, 0.3) is 0 Å². The molecule has 3 heterocycles. The van der Waals surface area contributed by atoms with E-state index in [9.17, 15) is 4.79 Å². The van der Waals surface area contributed by atoms with Crippen LogP contribution < -0.4 is 10.2 Å². The molecule has 0 unspecified atom stereocenters. The number of benzene rings is 1. The fourth-order valence-corrected chi connectivity index (χ4v) is 3.58. The minimum atomic E-state index is -0.0522. The van der Waals surface area contributed by atoms with Crippen molar-refractivity contribution in [3.8, 4) is 0 Å². The average molecular weight is 377 g/mol. The minimum absolute atomic E-state index is 0.0522. The lowest BCUT2D eigenvalue weighted by Gasteiger charge is -2.35. The summed E-state index contributed by atoms with van der Waals surface area (Å²) in [5.74, 6) is 1.49. The number of amides is 2. The van der Waals surface area contributed by atoms with Crippen molar-refractivity contribution in [1.29, 1.82) is 0 Å². The Morgan fingerprint density at radius 3 is 2.54 bits per heavy atom. The van der Waals surface area contributed by atoms with Crippen molar-refractivity contribution in [2.24, 2.45) is 0 Å². The zero-order valence-electron chi connectivity index (χ0n) is 15.9. The molecular formula is C20H23N7O. The fourth-order valence-electron chi connectivity index (χ4n) is 3.58. The molecule has 144 valence electrons. The molecule has 2 aromatic heterocycles. The highest BCUT2D eigenvalue weighted by molar-refractivity contribution is 5.89. The van der Waals surface area contributed by atoms with Crippen LogP contribution in [0.1, 0.15) is 30.1 Å². The molecule has 0 spiro atoms. The van der Waals surface area contributed by atoms with Crippen LogP contribution in [0.3, 0.4) is 0 Å². The van der Waals surface area contributed by atoms with Gasteiger partial charge in [-0.25, -0.2) is 4.79 Å². The Kier molecular flexibility index (Phi) is 4.11. The predicted molar refractivity (Wildman–Crippen MR) is 107 cm³/mol. The molecule has 5 rings (SSSR count). The van der Waals surface area contributed by atoms with Gasteiger partial charge in [-0.1, -0.05) is 17.7 Å². The molecule has 0 atom stereocenters. The molecule has 28 heavy (non-hydrogen) atoms. The fraction of sp³-hybridized carbons (Fsp3) is 0.400. The standard InChI is InChI=1S/C20H23N7O/c1-14-2-6-16(7-3-14)22-20(28)26-10-8-25(9-11-26)17-12-18-23-24-19(15-4-5-15)27(18)21-13-17/h2-3,6-7,12-13,15H,4-5,8-11H2,1H3,(H,22,28). The maximum absolute atomic E-state index is 12.5. The molecule has 2 aliphatic rings. The van der Waals surface area contributed by atoms with Crippen LogP contribution in [0.5, 0.6) is 0 Å². The zero-order chi connectivity index (χ0) is 19.1. The number of aryl methyl sites for hydroxylation is 1. The lowest BCUT2D eigenvalue weighted by atomic mass is 10.2. The first-order valence-electron chi connectivity index (χ1n) is 9.76. The number of urea groups is 1. The third kappa shape index (κ3) is 3.26. The van der Waals surface area contributed by atoms with Gasteiger partial charge < -0.3 is 15.1 Å². The molecule has 1 saturated carbocycles. The Balaban J connectivity index is 1.22. The topological polar surface area (TPSA) is 78.7 Å². The summed E-state index contributed by atoms with van der Waals surface area (Å²) in [6.07, 6.45) is 4.23. The van der Waals surface area contributed by atoms with E-state index in [1.165, 1.54) is 18.4 Å². The van der Waals surface area contributed by atoms with Crippen LogP contribution in [0.25, 0.3) is 5.65 Å². The average Bonchev–Trinajstić information content (AvgIpc) is 3.48. The maximum Gasteiger partial charge on any atom is 0.321 e. The molecule has 2 amide bonds. The molecule has 3 aromatic rings. The first-order valence-corrected chi connectivity index (χ1v) is 9.76. The Morgan fingerprint density at radius 2 is 1.82 bits per heavy atom. The summed E-state index contributed by atoms with van der Waals surface area (Å²) in [7, 11) is 0. The second-order valence-corrected chi connectivity index (χ2v) is 7.59. The summed E-state index contributed by atoms with van der Waals surface area (Å²) < 4.78 is 1.85. The van der Waals surface area contributed by atoms with Gasteiger partial charge in [-0.15, -0.1) is 10.2 Å². The van der Waals surface area contributed by atoms with Gasteiger partial charge >= 0.3 is 6.03 Å². The predicted octanol–water partition coefficient (Wildman–Crippen LogP) is 2.66. The molecule has 8 nitrogen and oxygen atoms in total. The van der Waals surface area contributed by atoms with Crippen molar-refractivity contribution >= 4 is 23.1 Å². The van der Waals surface area contributed by atoms with Crippen LogP contribution in [0.2, 0.25) is 0 Å². The second kappa shape index (κ2) is 6.78. The van der Waals surface area contributed by atoms with Gasteiger partial charge in [-0.3, -0.25) is 0 Å². The summed E-state index contributed by atoms with van der Waals surface area (Å²) in [4.78, 5) is 16.6. The van der Waals surface area contributed by atoms with Crippen molar-refractivity contribution < 1.29 is 4.79 Å². The number of piperazine rings is 1. The third-order valence-electron chi connectivity index (χ3n) is 5.45.